The molecule has 0 aliphatic heterocycles. The minimum atomic E-state index is -1.18. The van der Waals surface area contributed by atoms with Crippen molar-refractivity contribution < 1.29 is 19.3 Å². The fourth-order valence-electron chi connectivity index (χ4n) is 3.99. The Balaban J connectivity index is 1.66. The molecule has 1 aliphatic carbocycles. The Morgan fingerprint density at radius 3 is 2.79 bits per heavy atom. The molecule has 4 N–H and O–H groups in total. The molecule has 1 aromatic carbocycles. The number of aliphatic hydroxyl groups is 2. The fraction of sp³-hybridized carbons (Fsp3) is 0.400. The van der Waals surface area contributed by atoms with Crippen LogP contribution in [-0.4, -0.2) is 43.1 Å². The fourth-order valence-corrected chi connectivity index (χ4v) is 4.18. The van der Waals surface area contributed by atoms with Crippen LogP contribution in [0.2, 0.25) is 5.02 Å². The standard InChI is InChI=1S/C20H22ClFN4O3/c1-9(23)17-13(22)5-11(21)6-15(17)29-16-7-14(18(27)19(16)28)26-4-3-12-10(2)24-8-25-20(12)26/h3-6,8-9,14,16,18-19,27-28H,7,23H2,1-2H3/t9-,14?,16?,18+,19-/m1/s1. The van der Waals surface area contributed by atoms with Gasteiger partial charge in [-0.05, 0) is 32.0 Å². The van der Waals surface area contributed by atoms with E-state index in [9.17, 15) is 14.6 Å². The van der Waals surface area contributed by atoms with E-state index in [0.717, 1.165) is 11.1 Å². The van der Waals surface area contributed by atoms with Crippen LogP contribution in [0.25, 0.3) is 11.0 Å². The summed E-state index contributed by atoms with van der Waals surface area (Å²) in [5.74, 6) is -0.409. The monoisotopic (exact) mass is 420 g/mol. The lowest BCUT2D eigenvalue weighted by atomic mass is 10.1. The predicted octanol–water partition coefficient (Wildman–Crippen LogP) is 2.67. The van der Waals surface area contributed by atoms with E-state index in [1.807, 2.05) is 23.8 Å². The lowest BCUT2D eigenvalue weighted by molar-refractivity contribution is -0.0167. The van der Waals surface area contributed by atoms with Crippen LogP contribution in [0.4, 0.5) is 4.39 Å². The van der Waals surface area contributed by atoms with Gasteiger partial charge >= 0.3 is 0 Å². The molecule has 0 spiro atoms. The normalized spacial score (nSPS) is 25.5. The number of hydrogen-bond acceptors (Lipinski definition) is 6. The van der Waals surface area contributed by atoms with Gasteiger partial charge in [-0.3, -0.25) is 0 Å². The molecule has 4 rings (SSSR count). The van der Waals surface area contributed by atoms with Crippen molar-refractivity contribution in [2.45, 2.75) is 50.7 Å². The zero-order valence-electron chi connectivity index (χ0n) is 16.0. The van der Waals surface area contributed by atoms with Gasteiger partial charge in [0.25, 0.3) is 0 Å². The smallest absolute Gasteiger partial charge is 0.143 e. The van der Waals surface area contributed by atoms with Crippen molar-refractivity contribution in [3.63, 3.8) is 0 Å². The number of aryl methyl sites for hydroxylation is 1. The van der Waals surface area contributed by atoms with E-state index in [2.05, 4.69) is 9.97 Å². The first-order valence-corrected chi connectivity index (χ1v) is 9.71. The summed E-state index contributed by atoms with van der Waals surface area (Å²) >= 11 is 5.98. The van der Waals surface area contributed by atoms with Crippen molar-refractivity contribution in [1.29, 1.82) is 0 Å². The molecule has 2 heterocycles. The first-order valence-electron chi connectivity index (χ1n) is 9.33. The SMILES string of the molecule is Cc1ncnc2c1ccn2C1CC(Oc2cc(Cl)cc(F)c2[C@@H](C)N)[C@@H](O)[C@H]1O. The number of rotatable bonds is 4. The molecule has 5 atom stereocenters. The van der Waals surface area contributed by atoms with Crippen LogP contribution in [0.1, 0.15) is 36.7 Å². The van der Waals surface area contributed by atoms with Gasteiger partial charge in [0.15, 0.2) is 0 Å². The third kappa shape index (κ3) is 3.46. The highest BCUT2D eigenvalue weighted by Gasteiger charge is 2.44. The molecule has 2 unspecified atom stereocenters. The Labute approximate surface area is 171 Å². The van der Waals surface area contributed by atoms with Gasteiger partial charge in [0.1, 0.15) is 41.9 Å². The van der Waals surface area contributed by atoms with Crippen LogP contribution in [0.3, 0.4) is 0 Å². The summed E-state index contributed by atoms with van der Waals surface area (Å²) in [5, 5.41) is 22.3. The van der Waals surface area contributed by atoms with E-state index in [4.69, 9.17) is 22.1 Å². The molecular weight excluding hydrogens is 399 g/mol. The Kier molecular flexibility index (Phi) is 5.20. The van der Waals surface area contributed by atoms with Crippen LogP contribution in [0, 0.1) is 12.7 Å². The highest BCUT2D eigenvalue weighted by molar-refractivity contribution is 6.30. The van der Waals surface area contributed by atoms with Crippen molar-refractivity contribution in [2.75, 3.05) is 0 Å². The van der Waals surface area contributed by atoms with Crippen molar-refractivity contribution in [3.8, 4) is 5.75 Å². The first-order chi connectivity index (χ1) is 13.8. The van der Waals surface area contributed by atoms with E-state index in [0.29, 0.717) is 12.1 Å². The second kappa shape index (κ2) is 7.53. The summed E-state index contributed by atoms with van der Waals surface area (Å²) in [6.07, 6.45) is 0.523. The number of hydrogen-bond donors (Lipinski definition) is 3. The third-order valence-corrected chi connectivity index (χ3v) is 5.67. The average Bonchev–Trinajstić information content (AvgIpc) is 3.18. The van der Waals surface area contributed by atoms with Gasteiger partial charge in [0.2, 0.25) is 0 Å². The van der Waals surface area contributed by atoms with Gasteiger partial charge in [-0.1, -0.05) is 11.6 Å². The summed E-state index contributed by atoms with van der Waals surface area (Å²) in [5.41, 5.74) is 7.56. The molecule has 7 nitrogen and oxygen atoms in total. The minimum Gasteiger partial charge on any atom is -0.487 e. The molecule has 3 aromatic rings. The Morgan fingerprint density at radius 1 is 1.31 bits per heavy atom. The van der Waals surface area contributed by atoms with Crippen LogP contribution >= 0.6 is 11.6 Å². The number of benzene rings is 1. The molecule has 1 saturated carbocycles. The largest absolute Gasteiger partial charge is 0.487 e. The Hall–Kier alpha value is -2.26. The summed E-state index contributed by atoms with van der Waals surface area (Å²) in [4.78, 5) is 8.48. The summed E-state index contributed by atoms with van der Waals surface area (Å²) in [6.45, 7) is 3.51. The quantitative estimate of drug-likeness (QED) is 0.599. The highest BCUT2D eigenvalue weighted by Crippen LogP contribution is 2.38. The topological polar surface area (TPSA) is 106 Å². The molecule has 1 aliphatic rings. The third-order valence-electron chi connectivity index (χ3n) is 5.45. The molecule has 1 fully saturated rings. The van der Waals surface area contributed by atoms with E-state index in [-0.39, 0.29) is 16.3 Å². The van der Waals surface area contributed by atoms with E-state index in [1.165, 1.54) is 18.5 Å². The van der Waals surface area contributed by atoms with Crippen molar-refractivity contribution in [2.24, 2.45) is 5.73 Å². The summed E-state index contributed by atoms with van der Waals surface area (Å²) in [7, 11) is 0. The number of aliphatic hydroxyl groups excluding tert-OH is 2. The van der Waals surface area contributed by atoms with E-state index >= 15 is 0 Å². The lowest BCUT2D eigenvalue weighted by Gasteiger charge is -2.22. The maximum atomic E-state index is 14.3. The molecule has 154 valence electrons. The van der Waals surface area contributed by atoms with Crippen molar-refractivity contribution >= 4 is 22.6 Å². The zero-order valence-corrected chi connectivity index (χ0v) is 16.7. The van der Waals surface area contributed by atoms with Crippen LogP contribution < -0.4 is 10.5 Å². The van der Waals surface area contributed by atoms with Gasteiger partial charge in [-0.2, -0.15) is 0 Å². The molecular formula is C20H22ClFN4O3. The second-order valence-electron chi connectivity index (χ2n) is 7.45. The molecule has 0 radical (unpaired) electrons. The molecule has 0 bridgehead atoms. The maximum absolute atomic E-state index is 14.3. The lowest BCUT2D eigenvalue weighted by Crippen LogP contribution is -2.34. The number of ether oxygens (including phenoxy) is 1. The van der Waals surface area contributed by atoms with Crippen LogP contribution in [-0.2, 0) is 0 Å². The molecule has 9 heteroatoms. The summed E-state index contributed by atoms with van der Waals surface area (Å²) < 4.78 is 22.1. The summed E-state index contributed by atoms with van der Waals surface area (Å²) in [6, 6.07) is 3.42. The number of aromatic nitrogens is 3. The van der Waals surface area contributed by atoms with Gasteiger partial charge in [0, 0.05) is 34.6 Å². The van der Waals surface area contributed by atoms with E-state index in [1.54, 1.807) is 6.92 Å². The highest BCUT2D eigenvalue weighted by atomic mass is 35.5. The van der Waals surface area contributed by atoms with Gasteiger partial charge < -0.3 is 25.3 Å². The molecule has 0 amide bonds. The van der Waals surface area contributed by atoms with Crippen LogP contribution in [0.5, 0.6) is 5.75 Å². The van der Waals surface area contributed by atoms with Gasteiger partial charge in [-0.15, -0.1) is 0 Å². The Morgan fingerprint density at radius 2 is 2.07 bits per heavy atom. The molecule has 0 saturated heterocycles. The number of nitrogens with zero attached hydrogens (tertiary/aromatic N) is 3. The molecule has 2 aromatic heterocycles. The first kappa shape index (κ1) is 20.0. The van der Waals surface area contributed by atoms with Crippen molar-refractivity contribution in [1.82, 2.24) is 14.5 Å². The number of nitrogens with two attached hydrogens (primary N) is 1. The average molecular weight is 421 g/mol. The Bertz CT molecular complexity index is 1060. The predicted molar refractivity (Wildman–Crippen MR) is 106 cm³/mol. The van der Waals surface area contributed by atoms with Gasteiger partial charge in [-0.25, -0.2) is 14.4 Å². The number of halogens is 2. The minimum absolute atomic E-state index is 0.162. The molecule has 29 heavy (non-hydrogen) atoms. The van der Waals surface area contributed by atoms with E-state index < -0.39 is 36.2 Å². The maximum Gasteiger partial charge on any atom is 0.143 e. The van der Waals surface area contributed by atoms with Gasteiger partial charge in [0.05, 0.1) is 11.7 Å². The zero-order chi connectivity index (χ0) is 20.9. The van der Waals surface area contributed by atoms with Crippen LogP contribution in [0.15, 0.2) is 30.7 Å². The second-order valence-corrected chi connectivity index (χ2v) is 7.88. The number of fused-ring (bicyclic) bond motifs is 1. The van der Waals surface area contributed by atoms with Crippen molar-refractivity contribution in [3.05, 3.63) is 52.8 Å².